The van der Waals surface area contributed by atoms with Gasteiger partial charge in [-0.25, -0.2) is 14.6 Å². The molecule has 1 heterocycles. The van der Waals surface area contributed by atoms with E-state index in [1.54, 1.807) is 30.3 Å². The second-order valence-electron chi connectivity index (χ2n) is 5.20. The number of anilines is 1. The standard InChI is InChI=1S/C16H18N4O5/c1-10(14(22)18-16(24)17-2)25-15(23)12-8-9-13(21)20(19-12)11-6-4-3-5-7-11/h3-7,10H,8-9H2,1-2H3,(H2,17,18,22,24). The Bertz CT molecular complexity index is 716. The number of rotatable bonds is 4. The minimum atomic E-state index is -1.18. The molecule has 1 unspecified atom stereocenters. The summed E-state index contributed by atoms with van der Waals surface area (Å²) in [6.07, 6.45) is -0.970. The molecule has 1 aliphatic rings. The SMILES string of the molecule is CNC(=O)NC(=O)C(C)OC(=O)C1=NN(c2ccccc2)C(=O)CC1. The Morgan fingerprint density at radius 2 is 1.88 bits per heavy atom. The lowest BCUT2D eigenvalue weighted by Gasteiger charge is -2.23. The van der Waals surface area contributed by atoms with E-state index in [1.807, 2.05) is 5.32 Å². The number of ether oxygens (including phenoxy) is 1. The zero-order valence-electron chi connectivity index (χ0n) is 13.8. The largest absolute Gasteiger partial charge is 0.448 e. The van der Waals surface area contributed by atoms with Gasteiger partial charge in [0.25, 0.3) is 5.91 Å². The average molecular weight is 346 g/mol. The minimum absolute atomic E-state index is 0.0306. The maximum absolute atomic E-state index is 12.2. The lowest BCUT2D eigenvalue weighted by molar-refractivity contribution is -0.148. The Hall–Kier alpha value is -3.23. The predicted octanol–water partition coefficient (Wildman–Crippen LogP) is 0.557. The normalized spacial score (nSPS) is 15.0. The molecule has 0 fully saturated rings. The molecule has 0 radical (unpaired) electrons. The van der Waals surface area contributed by atoms with Crippen molar-refractivity contribution in [2.24, 2.45) is 5.10 Å². The fraction of sp³-hybridized carbons (Fsp3) is 0.312. The third-order valence-corrected chi connectivity index (χ3v) is 3.39. The van der Waals surface area contributed by atoms with Gasteiger partial charge in [0, 0.05) is 19.9 Å². The molecule has 0 saturated heterocycles. The monoisotopic (exact) mass is 346 g/mol. The molecule has 0 bridgehead atoms. The lowest BCUT2D eigenvalue weighted by Crippen LogP contribution is -2.44. The predicted molar refractivity (Wildman–Crippen MR) is 88.7 cm³/mol. The number of esters is 1. The van der Waals surface area contributed by atoms with Gasteiger partial charge in [-0.2, -0.15) is 5.10 Å². The van der Waals surface area contributed by atoms with Gasteiger partial charge < -0.3 is 10.1 Å². The molecule has 9 nitrogen and oxygen atoms in total. The van der Waals surface area contributed by atoms with Gasteiger partial charge in [-0.15, -0.1) is 0 Å². The number of benzene rings is 1. The highest BCUT2D eigenvalue weighted by Gasteiger charge is 2.28. The van der Waals surface area contributed by atoms with Crippen molar-refractivity contribution in [2.75, 3.05) is 12.1 Å². The molecule has 0 aliphatic carbocycles. The third kappa shape index (κ3) is 4.63. The van der Waals surface area contributed by atoms with Crippen LogP contribution in [0.15, 0.2) is 35.4 Å². The number of nitrogens with one attached hydrogen (secondary N) is 2. The van der Waals surface area contributed by atoms with Gasteiger partial charge in [-0.1, -0.05) is 18.2 Å². The van der Waals surface area contributed by atoms with Crippen LogP contribution in [0.4, 0.5) is 10.5 Å². The Morgan fingerprint density at radius 3 is 2.52 bits per heavy atom. The van der Waals surface area contributed by atoms with Gasteiger partial charge in [0.2, 0.25) is 5.91 Å². The molecule has 132 valence electrons. The maximum atomic E-state index is 12.2. The van der Waals surface area contributed by atoms with Crippen LogP contribution in [0, 0.1) is 0 Å². The van der Waals surface area contributed by atoms with E-state index in [9.17, 15) is 19.2 Å². The Kier molecular flexibility index (Phi) is 5.83. The van der Waals surface area contributed by atoms with Crippen LogP contribution < -0.4 is 15.6 Å². The number of amides is 4. The summed E-state index contributed by atoms with van der Waals surface area (Å²) < 4.78 is 5.02. The summed E-state index contributed by atoms with van der Waals surface area (Å²) in [5, 5.41) is 9.40. The fourth-order valence-electron chi connectivity index (χ4n) is 2.03. The first-order chi connectivity index (χ1) is 11.9. The number of hydrogen-bond acceptors (Lipinski definition) is 6. The number of imide groups is 1. The van der Waals surface area contributed by atoms with Gasteiger partial charge in [0.1, 0.15) is 5.71 Å². The molecule has 1 atom stereocenters. The maximum Gasteiger partial charge on any atom is 0.355 e. The second kappa shape index (κ2) is 8.04. The summed E-state index contributed by atoms with van der Waals surface area (Å²) >= 11 is 0. The number of hydrazone groups is 1. The van der Waals surface area contributed by atoms with Crippen molar-refractivity contribution in [3.8, 4) is 0 Å². The van der Waals surface area contributed by atoms with Crippen LogP contribution in [0.3, 0.4) is 0 Å². The van der Waals surface area contributed by atoms with E-state index in [0.717, 1.165) is 5.01 Å². The number of nitrogens with zero attached hydrogens (tertiary/aromatic N) is 2. The number of hydrogen-bond donors (Lipinski definition) is 2. The van der Waals surface area contributed by atoms with Gasteiger partial charge in [-0.3, -0.25) is 14.9 Å². The van der Waals surface area contributed by atoms with Crippen LogP contribution in [0.5, 0.6) is 0 Å². The average Bonchev–Trinajstić information content (AvgIpc) is 2.62. The summed E-state index contributed by atoms with van der Waals surface area (Å²) in [5.74, 6) is -1.82. The zero-order chi connectivity index (χ0) is 18.4. The number of para-hydroxylation sites is 1. The lowest BCUT2D eigenvalue weighted by atomic mass is 10.1. The molecule has 25 heavy (non-hydrogen) atoms. The molecule has 4 amide bonds. The highest BCUT2D eigenvalue weighted by atomic mass is 16.5. The molecule has 0 aromatic heterocycles. The third-order valence-electron chi connectivity index (χ3n) is 3.39. The molecule has 1 aromatic rings. The van der Waals surface area contributed by atoms with E-state index in [0.29, 0.717) is 5.69 Å². The quantitative estimate of drug-likeness (QED) is 0.773. The number of urea groups is 1. The smallest absolute Gasteiger partial charge is 0.355 e. The van der Waals surface area contributed by atoms with Crippen LogP contribution in [0.2, 0.25) is 0 Å². The van der Waals surface area contributed by atoms with Crippen molar-refractivity contribution in [1.29, 1.82) is 0 Å². The van der Waals surface area contributed by atoms with Gasteiger partial charge in [-0.05, 0) is 19.1 Å². The first-order valence-electron chi connectivity index (χ1n) is 7.61. The topological polar surface area (TPSA) is 117 Å². The highest BCUT2D eigenvalue weighted by Crippen LogP contribution is 2.20. The summed E-state index contributed by atoms with van der Waals surface area (Å²) in [6.45, 7) is 1.33. The van der Waals surface area contributed by atoms with Crippen molar-refractivity contribution in [1.82, 2.24) is 10.6 Å². The van der Waals surface area contributed by atoms with Crippen LogP contribution in [0.1, 0.15) is 19.8 Å². The Labute approximate surface area is 144 Å². The van der Waals surface area contributed by atoms with E-state index in [-0.39, 0.29) is 24.5 Å². The van der Waals surface area contributed by atoms with Crippen LogP contribution >= 0.6 is 0 Å². The minimum Gasteiger partial charge on any atom is -0.448 e. The van der Waals surface area contributed by atoms with E-state index in [1.165, 1.54) is 14.0 Å². The highest BCUT2D eigenvalue weighted by molar-refractivity contribution is 6.38. The summed E-state index contributed by atoms with van der Waals surface area (Å²) in [5.41, 5.74) is 0.561. The van der Waals surface area contributed by atoms with Crippen molar-refractivity contribution >= 4 is 35.2 Å². The summed E-state index contributed by atoms with van der Waals surface area (Å²) in [7, 11) is 1.35. The van der Waals surface area contributed by atoms with Crippen LogP contribution in [-0.4, -0.2) is 42.7 Å². The van der Waals surface area contributed by atoms with E-state index in [2.05, 4.69) is 10.4 Å². The van der Waals surface area contributed by atoms with Crippen molar-refractivity contribution in [3.63, 3.8) is 0 Å². The van der Waals surface area contributed by atoms with Gasteiger partial charge in [0.15, 0.2) is 6.10 Å². The Morgan fingerprint density at radius 1 is 1.20 bits per heavy atom. The molecule has 0 spiro atoms. The van der Waals surface area contributed by atoms with Crippen molar-refractivity contribution in [3.05, 3.63) is 30.3 Å². The van der Waals surface area contributed by atoms with E-state index in [4.69, 9.17) is 4.74 Å². The van der Waals surface area contributed by atoms with E-state index >= 15 is 0 Å². The summed E-state index contributed by atoms with van der Waals surface area (Å²) in [4.78, 5) is 47.0. The molecular formula is C16H18N4O5. The second-order valence-corrected chi connectivity index (χ2v) is 5.20. The van der Waals surface area contributed by atoms with Crippen LogP contribution in [-0.2, 0) is 19.1 Å². The van der Waals surface area contributed by atoms with E-state index < -0.39 is 24.0 Å². The molecule has 1 aliphatic heterocycles. The Balaban J connectivity index is 2.07. The van der Waals surface area contributed by atoms with Gasteiger partial charge >= 0.3 is 12.0 Å². The van der Waals surface area contributed by atoms with Gasteiger partial charge in [0.05, 0.1) is 5.69 Å². The molecule has 9 heteroatoms. The molecule has 2 rings (SSSR count). The van der Waals surface area contributed by atoms with Crippen molar-refractivity contribution < 1.29 is 23.9 Å². The molecular weight excluding hydrogens is 328 g/mol. The molecule has 2 N–H and O–H groups in total. The zero-order valence-corrected chi connectivity index (χ0v) is 13.8. The molecule has 1 aromatic carbocycles. The fourth-order valence-corrected chi connectivity index (χ4v) is 2.03. The van der Waals surface area contributed by atoms with Crippen LogP contribution in [0.25, 0.3) is 0 Å². The van der Waals surface area contributed by atoms with Crippen molar-refractivity contribution in [2.45, 2.75) is 25.9 Å². The number of carbonyl (C=O) groups excluding carboxylic acids is 4. The first kappa shape index (κ1) is 18.1. The number of carbonyl (C=O) groups is 4. The first-order valence-corrected chi connectivity index (χ1v) is 7.61. The summed E-state index contributed by atoms with van der Waals surface area (Å²) in [6, 6.07) is 7.96. The molecule has 0 saturated carbocycles.